The molecule has 0 spiro atoms. The van der Waals surface area contributed by atoms with Gasteiger partial charge >= 0.3 is 0 Å². The highest BCUT2D eigenvalue weighted by atomic mass is 28.3. The first-order valence-electron chi connectivity index (χ1n) is 23.9. The Kier molecular flexibility index (Phi) is 10.2. The lowest BCUT2D eigenvalue weighted by Crippen LogP contribution is -2.48. The molecule has 0 bridgehead atoms. The zero-order valence-corrected chi connectivity index (χ0v) is 39.4. The Morgan fingerprint density at radius 3 is 0.964 bits per heavy atom. The van der Waals surface area contributed by atoms with E-state index in [9.17, 15) is 0 Å². The van der Waals surface area contributed by atoms with Gasteiger partial charge in [0.05, 0.1) is 8.07 Å². The molecule has 0 N–H and O–H groups in total. The third kappa shape index (κ3) is 7.68. The fourth-order valence-electron chi connectivity index (χ4n) is 14.5. The average molecular weight is 761 g/mol. The van der Waals surface area contributed by atoms with Crippen molar-refractivity contribution >= 4 is 8.07 Å². The molecule has 10 unspecified atom stereocenters. The monoisotopic (exact) mass is 761 g/mol. The predicted molar refractivity (Wildman–Crippen MR) is 241 cm³/mol. The van der Waals surface area contributed by atoms with Crippen LogP contribution in [-0.2, 0) is 21.7 Å². The van der Waals surface area contributed by atoms with Gasteiger partial charge in [-0.1, -0.05) is 158 Å². The molecule has 8 rings (SSSR count). The number of hydrogen-bond acceptors (Lipinski definition) is 0. The summed E-state index contributed by atoms with van der Waals surface area (Å²) < 4.78 is 0. The second-order valence-electron chi connectivity index (χ2n) is 25.8. The van der Waals surface area contributed by atoms with E-state index in [1.807, 2.05) is 0 Å². The quantitative estimate of drug-likeness (QED) is 0.257. The molecule has 304 valence electrons. The molecule has 6 fully saturated rings. The topological polar surface area (TPSA) is 0 Å². The van der Waals surface area contributed by atoms with E-state index >= 15 is 0 Å². The molecule has 1 heteroatoms. The van der Waals surface area contributed by atoms with E-state index in [0.717, 1.165) is 70.3 Å². The minimum atomic E-state index is -1.65. The van der Waals surface area contributed by atoms with Crippen LogP contribution in [0.15, 0.2) is 36.4 Å². The zero-order chi connectivity index (χ0) is 39.6. The van der Waals surface area contributed by atoms with Gasteiger partial charge in [0.25, 0.3) is 0 Å². The summed E-state index contributed by atoms with van der Waals surface area (Å²) in [5.41, 5.74) is 12.5. The molecule has 6 aliphatic rings. The molecule has 55 heavy (non-hydrogen) atoms. The van der Waals surface area contributed by atoms with Crippen LogP contribution < -0.4 is 0 Å². The van der Waals surface area contributed by atoms with E-state index in [1.54, 1.807) is 46.2 Å². The highest BCUT2D eigenvalue weighted by Crippen LogP contribution is 2.72. The van der Waals surface area contributed by atoms with E-state index in [4.69, 9.17) is 0 Å². The number of benzene rings is 2. The summed E-state index contributed by atoms with van der Waals surface area (Å²) in [4.78, 5) is 0. The number of rotatable bonds is 6. The molecule has 6 saturated carbocycles. The lowest BCUT2D eigenvalue weighted by Gasteiger charge is -2.50. The van der Waals surface area contributed by atoms with Crippen LogP contribution in [0.1, 0.15) is 205 Å². The van der Waals surface area contributed by atoms with Crippen molar-refractivity contribution in [3.63, 3.8) is 0 Å². The summed E-state index contributed by atoms with van der Waals surface area (Å²) in [5, 5.41) is 0. The van der Waals surface area contributed by atoms with Gasteiger partial charge in [0.1, 0.15) is 0 Å². The van der Waals surface area contributed by atoms with Gasteiger partial charge < -0.3 is 0 Å². The van der Waals surface area contributed by atoms with Crippen LogP contribution in [-0.4, -0.2) is 8.07 Å². The molecule has 0 nitrogen and oxygen atoms in total. The van der Waals surface area contributed by atoms with Crippen LogP contribution in [0.2, 0.25) is 24.2 Å². The third-order valence-electron chi connectivity index (χ3n) is 17.6. The minimum Gasteiger partial charge on any atom is -0.0689 e. The van der Waals surface area contributed by atoms with Crippen molar-refractivity contribution in [2.75, 3.05) is 0 Å². The van der Waals surface area contributed by atoms with Crippen LogP contribution >= 0.6 is 0 Å². The lowest BCUT2D eigenvalue weighted by molar-refractivity contribution is 0.226. The molecule has 6 aliphatic carbocycles. The molecule has 0 saturated heterocycles. The second kappa shape index (κ2) is 13.9. The zero-order valence-electron chi connectivity index (χ0n) is 38.4. The standard InChI is InChI=1S/C54H84Si/c1-51(2,3)37-25-35(26-38(29-37)52(4,5)6)41-17-15-19-43-47(41)31-45(33-21-22-33)49(43)55(13,14)50-44-20-16-18-42(48(44)32-46(50)34-23-24-34)36-27-39(53(7,8)9)30-40(28-36)54(10,11)12/h25-30,33-34,41-50H,15-24,31-32H2,1-14H3. The highest BCUT2D eigenvalue weighted by molar-refractivity contribution is 6.80. The Hall–Kier alpha value is -1.34. The fourth-order valence-corrected chi connectivity index (χ4v) is 21.0. The molecule has 10 atom stereocenters. The van der Waals surface area contributed by atoms with Crippen LogP contribution in [0.3, 0.4) is 0 Å². The van der Waals surface area contributed by atoms with Crippen LogP contribution in [0.25, 0.3) is 0 Å². The summed E-state index contributed by atoms with van der Waals surface area (Å²) in [7, 11) is -1.65. The van der Waals surface area contributed by atoms with Crippen LogP contribution in [0, 0.1) is 47.3 Å². The van der Waals surface area contributed by atoms with Gasteiger partial charge in [-0.2, -0.15) is 0 Å². The predicted octanol–water partition coefficient (Wildman–Crippen LogP) is 15.9. The summed E-state index contributed by atoms with van der Waals surface area (Å²) in [6, 6.07) is 16.0. The Morgan fingerprint density at radius 2 is 0.691 bits per heavy atom. The Morgan fingerprint density at radius 1 is 0.382 bits per heavy atom. The lowest BCUT2D eigenvalue weighted by atomic mass is 9.69. The van der Waals surface area contributed by atoms with Crippen LogP contribution in [0.4, 0.5) is 0 Å². The first-order chi connectivity index (χ1) is 25.5. The van der Waals surface area contributed by atoms with Crippen molar-refractivity contribution in [3.05, 3.63) is 69.8 Å². The van der Waals surface area contributed by atoms with Gasteiger partial charge in [0, 0.05) is 0 Å². The van der Waals surface area contributed by atoms with Gasteiger partial charge in [0.2, 0.25) is 0 Å². The van der Waals surface area contributed by atoms with Crippen molar-refractivity contribution in [2.24, 2.45) is 47.3 Å². The van der Waals surface area contributed by atoms with E-state index in [0.29, 0.717) is 0 Å². The van der Waals surface area contributed by atoms with Gasteiger partial charge in [-0.3, -0.25) is 0 Å². The Labute approximate surface area is 341 Å². The fraction of sp³-hybridized carbons (Fsp3) is 0.778. The first-order valence-corrected chi connectivity index (χ1v) is 27.0. The largest absolute Gasteiger partial charge is 0.0689 e. The Balaban J connectivity index is 1.15. The van der Waals surface area contributed by atoms with Crippen molar-refractivity contribution in [3.8, 4) is 0 Å². The molecule has 0 radical (unpaired) electrons. The molecule has 0 heterocycles. The molecule has 0 aromatic heterocycles. The Bertz CT molecular complexity index is 1510. The smallest absolute Gasteiger partial charge is 0.0547 e. The molecule has 0 amide bonds. The summed E-state index contributed by atoms with van der Waals surface area (Å²) >= 11 is 0. The maximum Gasteiger partial charge on any atom is 0.0547 e. The van der Waals surface area contributed by atoms with E-state index in [-0.39, 0.29) is 21.7 Å². The third-order valence-corrected chi connectivity index (χ3v) is 22.7. The van der Waals surface area contributed by atoms with Crippen molar-refractivity contribution in [1.82, 2.24) is 0 Å². The first kappa shape index (κ1) is 40.4. The maximum absolute atomic E-state index is 3.03. The summed E-state index contributed by atoms with van der Waals surface area (Å²) in [5.74, 6) is 9.40. The summed E-state index contributed by atoms with van der Waals surface area (Å²) in [6.07, 6.45) is 18.1. The maximum atomic E-state index is 3.03. The van der Waals surface area contributed by atoms with Crippen LogP contribution in [0.5, 0.6) is 0 Å². The van der Waals surface area contributed by atoms with Gasteiger partial charge in [0.15, 0.2) is 0 Å². The molecule has 2 aromatic carbocycles. The molecule has 0 aliphatic heterocycles. The van der Waals surface area contributed by atoms with E-state index < -0.39 is 8.07 Å². The van der Waals surface area contributed by atoms with Crippen molar-refractivity contribution in [2.45, 2.75) is 218 Å². The normalized spacial score (nSPS) is 34.8. The average Bonchev–Trinajstić information content (AvgIpc) is 4.03. The van der Waals surface area contributed by atoms with Gasteiger partial charge in [-0.25, -0.2) is 0 Å². The molecule has 2 aromatic rings. The SMILES string of the molecule is CC(C)(C)c1cc(C2CCCC3C2CC(C2CC2)C3[Si](C)(C)C2C(C3CC3)CC3C(c4cc(C(C)(C)C)cc(C(C)(C)C)c4)CCCC32)cc(C(C)(C)C)c1. The highest BCUT2D eigenvalue weighted by Gasteiger charge is 2.64. The van der Waals surface area contributed by atoms with Gasteiger partial charge in [-0.05, 0) is 177 Å². The van der Waals surface area contributed by atoms with Crippen molar-refractivity contribution < 1.29 is 0 Å². The molecular formula is C54H84Si. The second-order valence-corrected chi connectivity index (χ2v) is 30.7. The van der Waals surface area contributed by atoms with Crippen molar-refractivity contribution in [1.29, 1.82) is 0 Å². The number of hydrogen-bond donors (Lipinski definition) is 0. The van der Waals surface area contributed by atoms with E-state index in [2.05, 4.69) is 133 Å². The number of fused-ring (bicyclic) bond motifs is 2. The van der Waals surface area contributed by atoms with Gasteiger partial charge in [-0.15, -0.1) is 0 Å². The summed E-state index contributed by atoms with van der Waals surface area (Å²) in [6.45, 7) is 35.4. The molecular weight excluding hydrogens is 677 g/mol. The minimum absolute atomic E-state index is 0.185. The van der Waals surface area contributed by atoms with E-state index in [1.165, 1.54) is 64.2 Å².